The van der Waals surface area contributed by atoms with E-state index in [4.69, 9.17) is 0 Å². The second kappa shape index (κ2) is 8.45. The second-order valence-electron chi connectivity index (χ2n) is 6.60. The van der Waals surface area contributed by atoms with E-state index in [1.165, 1.54) is 16.9 Å². The SMILES string of the molecule is CC(c1cccs1)N(Cc1ccccc1)C(=O)CCC1CCNC1. The van der Waals surface area contributed by atoms with Gasteiger partial charge < -0.3 is 10.2 Å². The number of nitrogens with one attached hydrogen (secondary N) is 1. The lowest BCUT2D eigenvalue weighted by Crippen LogP contribution is -2.33. The Labute approximate surface area is 148 Å². The molecule has 1 N–H and O–H groups in total. The number of benzene rings is 1. The fourth-order valence-corrected chi connectivity index (χ4v) is 4.13. The number of nitrogens with zero attached hydrogens (tertiary/aromatic N) is 1. The van der Waals surface area contributed by atoms with Crippen LogP contribution in [0.2, 0.25) is 0 Å². The van der Waals surface area contributed by atoms with Gasteiger partial charge in [0.05, 0.1) is 6.04 Å². The molecule has 2 heterocycles. The molecule has 0 bridgehead atoms. The van der Waals surface area contributed by atoms with Gasteiger partial charge in [0, 0.05) is 17.8 Å². The van der Waals surface area contributed by atoms with Crippen molar-refractivity contribution in [2.24, 2.45) is 5.92 Å². The Morgan fingerprint density at radius 2 is 2.12 bits per heavy atom. The molecule has 24 heavy (non-hydrogen) atoms. The molecule has 1 saturated heterocycles. The van der Waals surface area contributed by atoms with Crippen molar-refractivity contribution < 1.29 is 4.79 Å². The maximum atomic E-state index is 13.0. The van der Waals surface area contributed by atoms with Gasteiger partial charge in [-0.25, -0.2) is 0 Å². The van der Waals surface area contributed by atoms with Crippen LogP contribution in [0.3, 0.4) is 0 Å². The molecule has 2 aromatic rings. The van der Waals surface area contributed by atoms with E-state index in [0.717, 1.165) is 19.5 Å². The lowest BCUT2D eigenvalue weighted by atomic mass is 10.0. The summed E-state index contributed by atoms with van der Waals surface area (Å²) in [5.74, 6) is 0.927. The largest absolute Gasteiger partial charge is 0.331 e. The Morgan fingerprint density at radius 1 is 1.29 bits per heavy atom. The van der Waals surface area contributed by atoms with Crippen LogP contribution in [0.4, 0.5) is 0 Å². The number of thiophene rings is 1. The summed E-state index contributed by atoms with van der Waals surface area (Å²) in [6.07, 6.45) is 2.84. The first-order chi connectivity index (χ1) is 11.7. The van der Waals surface area contributed by atoms with Gasteiger partial charge in [-0.1, -0.05) is 36.4 Å². The van der Waals surface area contributed by atoms with Gasteiger partial charge in [-0.2, -0.15) is 0 Å². The molecule has 2 atom stereocenters. The molecular weight excluding hydrogens is 316 g/mol. The predicted octanol–water partition coefficient (Wildman–Crippen LogP) is 4.23. The predicted molar refractivity (Wildman–Crippen MR) is 99.9 cm³/mol. The number of hydrogen-bond acceptors (Lipinski definition) is 3. The normalized spacial score (nSPS) is 18.5. The molecule has 1 amide bonds. The Balaban J connectivity index is 1.69. The molecule has 3 rings (SSSR count). The van der Waals surface area contributed by atoms with E-state index < -0.39 is 0 Å². The van der Waals surface area contributed by atoms with Crippen molar-refractivity contribution in [1.82, 2.24) is 10.2 Å². The maximum absolute atomic E-state index is 13.0. The Kier molecular flexibility index (Phi) is 6.05. The highest BCUT2D eigenvalue weighted by Gasteiger charge is 2.24. The van der Waals surface area contributed by atoms with Gasteiger partial charge in [-0.15, -0.1) is 11.3 Å². The minimum Gasteiger partial charge on any atom is -0.331 e. The third-order valence-corrected chi connectivity index (χ3v) is 5.91. The second-order valence-corrected chi connectivity index (χ2v) is 7.58. The summed E-state index contributed by atoms with van der Waals surface area (Å²) >= 11 is 1.73. The Bertz CT molecular complexity index is 620. The molecule has 1 aliphatic rings. The molecule has 0 spiro atoms. The Morgan fingerprint density at radius 3 is 2.79 bits per heavy atom. The lowest BCUT2D eigenvalue weighted by molar-refractivity contribution is -0.134. The highest BCUT2D eigenvalue weighted by atomic mass is 32.1. The zero-order valence-corrected chi connectivity index (χ0v) is 15.1. The van der Waals surface area contributed by atoms with Crippen molar-refractivity contribution in [3.63, 3.8) is 0 Å². The quantitative estimate of drug-likeness (QED) is 0.817. The van der Waals surface area contributed by atoms with Gasteiger partial charge in [0.15, 0.2) is 0 Å². The van der Waals surface area contributed by atoms with Crippen LogP contribution in [-0.2, 0) is 11.3 Å². The van der Waals surface area contributed by atoms with Crippen molar-refractivity contribution in [3.8, 4) is 0 Å². The van der Waals surface area contributed by atoms with Crippen LogP contribution in [-0.4, -0.2) is 23.9 Å². The van der Waals surface area contributed by atoms with Gasteiger partial charge in [0.25, 0.3) is 0 Å². The van der Waals surface area contributed by atoms with Crippen LogP contribution in [0.15, 0.2) is 47.8 Å². The van der Waals surface area contributed by atoms with Gasteiger partial charge in [-0.05, 0) is 55.8 Å². The van der Waals surface area contributed by atoms with Gasteiger partial charge in [0.1, 0.15) is 0 Å². The Hall–Kier alpha value is -1.65. The molecule has 1 aromatic heterocycles. The third kappa shape index (κ3) is 4.46. The average Bonchev–Trinajstić information content (AvgIpc) is 3.31. The van der Waals surface area contributed by atoms with Gasteiger partial charge in [0.2, 0.25) is 5.91 Å². The van der Waals surface area contributed by atoms with E-state index in [1.54, 1.807) is 11.3 Å². The van der Waals surface area contributed by atoms with Crippen LogP contribution in [0, 0.1) is 5.92 Å². The molecule has 0 saturated carbocycles. The molecule has 1 fully saturated rings. The molecule has 1 aromatic carbocycles. The van der Waals surface area contributed by atoms with E-state index in [1.807, 2.05) is 23.1 Å². The standard InChI is InChI=1S/C20H26N2OS/c1-16(19-8-5-13-24-19)22(15-18-6-3-2-4-7-18)20(23)10-9-17-11-12-21-14-17/h2-8,13,16-17,21H,9-12,14-15H2,1H3. The van der Waals surface area contributed by atoms with Crippen LogP contribution < -0.4 is 5.32 Å². The number of amides is 1. The summed E-state index contributed by atoms with van der Waals surface area (Å²) < 4.78 is 0. The molecule has 3 nitrogen and oxygen atoms in total. The minimum atomic E-state index is 0.124. The molecule has 4 heteroatoms. The van der Waals surface area contributed by atoms with Crippen molar-refractivity contribution in [2.45, 2.75) is 38.8 Å². The van der Waals surface area contributed by atoms with E-state index in [9.17, 15) is 4.79 Å². The molecule has 0 aliphatic carbocycles. The zero-order chi connectivity index (χ0) is 16.8. The summed E-state index contributed by atoms with van der Waals surface area (Å²) in [5, 5.41) is 5.47. The summed E-state index contributed by atoms with van der Waals surface area (Å²) in [6, 6.07) is 14.6. The van der Waals surface area contributed by atoms with Crippen molar-refractivity contribution >= 4 is 17.2 Å². The molecule has 0 radical (unpaired) electrons. The summed E-state index contributed by atoms with van der Waals surface area (Å²) in [4.78, 5) is 16.2. The highest BCUT2D eigenvalue weighted by molar-refractivity contribution is 7.10. The number of carbonyl (C=O) groups is 1. The first-order valence-electron chi connectivity index (χ1n) is 8.81. The van der Waals surface area contributed by atoms with Crippen molar-refractivity contribution in [3.05, 3.63) is 58.3 Å². The maximum Gasteiger partial charge on any atom is 0.223 e. The minimum absolute atomic E-state index is 0.124. The van der Waals surface area contributed by atoms with E-state index in [-0.39, 0.29) is 11.9 Å². The molecule has 128 valence electrons. The lowest BCUT2D eigenvalue weighted by Gasteiger charge is -2.29. The monoisotopic (exact) mass is 342 g/mol. The van der Waals surface area contributed by atoms with E-state index >= 15 is 0 Å². The van der Waals surface area contributed by atoms with E-state index in [2.05, 4.69) is 41.9 Å². The number of rotatable bonds is 7. The van der Waals surface area contributed by atoms with Crippen LogP contribution in [0.1, 0.15) is 42.7 Å². The van der Waals surface area contributed by atoms with Gasteiger partial charge >= 0.3 is 0 Å². The number of hydrogen-bond donors (Lipinski definition) is 1. The third-order valence-electron chi connectivity index (χ3n) is 4.87. The molecular formula is C20H26N2OS. The average molecular weight is 343 g/mol. The summed E-state index contributed by atoms with van der Waals surface area (Å²) in [5.41, 5.74) is 1.19. The topological polar surface area (TPSA) is 32.3 Å². The number of carbonyl (C=O) groups excluding carboxylic acids is 1. The molecule has 2 unspecified atom stereocenters. The van der Waals surface area contributed by atoms with Crippen molar-refractivity contribution in [1.29, 1.82) is 0 Å². The van der Waals surface area contributed by atoms with Gasteiger partial charge in [-0.3, -0.25) is 4.79 Å². The first kappa shape index (κ1) is 17.2. The van der Waals surface area contributed by atoms with Crippen LogP contribution in [0.25, 0.3) is 0 Å². The highest BCUT2D eigenvalue weighted by Crippen LogP contribution is 2.28. The fraction of sp³-hybridized carbons (Fsp3) is 0.450. The van der Waals surface area contributed by atoms with E-state index in [0.29, 0.717) is 18.9 Å². The summed E-state index contributed by atoms with van der Waals surface area (Å²) in [6.45, 7) is 4.98. The molecule has 1 aliphatic heterocycles. The van der Waals surface area contributed by atoms with Crippen molar-refractivity contribution in [2.75, 3.05) is 13.1 Å². The van der Waals surface area contributed by atoms with Crippen LogP contribution in [0.5, 0.6) is 0 Å². The smallest absolute Gasteiger partial charge is 0.223 e. The first-order valence-corrected chi connectivity index (χ1v) is 9.69. The fourth-order valence-electron chi connectivity index (χ4n) is 3.34. The summed E-state index contributed by atoms with van der Waals surface area (Å²) in [7, 11) is 0. The van der Waals surface area contributed by atoms with Crippen LogP contribution >= 0.6 is 11.3 Å². The zero-order valence-electron chi connectivity index (χ0n) is 14.3.